The number of piperazine rings is 1. The van der Waals surface area contributed by atoms with Crippen LogP contribution in [-0.4, -0.2) is 125 Å². The highest BCUT2D eigenvalue weighted by Gasteiger charge is 2.38. The van der Waals surface area contributed by atoms with Crippen LogP contribution in [0.15, 0.2) is 0 Å². The van der Waals surface area contributed by atoms with Crippen molar-refractivity contribution in [3.63, 3.8) is 0 Å². The van der Waals surface area contributed by atoms with Gasteiger partial charge >= 0.3 is 18.2 Å². The number of likely N-dealkylation sites (tertiary alicyclic amines) is 1. The van der Waals surface area contributed by atoms with E-state index in [0.717, 1.165) is 26.2 Å². The molecule has 0 aromatic carbocycles. The summed E-state index contributed by atoms with van der Waals surface area (Å²) in [7, 11) is 0. The van der Waals surface area contributed by atoms with Gasteiger partial charge in [-0.2, -0.15) is 0 Å². The minimum Gasteiger partial charge on any atom is -0.481 e. The monoisotopic (exact) mass is 482 g/mol. The zero-order valence-corrected chi connectivity index (χ0v) is 20.4. The first-order chi connectivity index (χ1) is 16.0. The minimum absolute atomic E-state index is 0.0112. The van der Waals surface area contributed by atoms with Crippen molar-refractivity contribution in [2.24, 2.45) is 0 Å². The Balaban J connectivity index is 1.38. The second kappa shape index (κ2) is 11.2. The summed E-state index contributed by atoms with van der Waals surface area (Å²) in [4.78, 5) is 43.2. The molecule has 3 heterocycles. The lowest BCUT2D eigenvalue weighted by atomic mass is 10.0. The van der Waals surface area contributed by atoms with Gasteiger partial charge in [-0.15, -0.1) is 0 Å². The topological polar surface area (TPSA) is 139 Å². The molecule has 3 fully saturated rings. The molecule has 0 aromatic rings. The van der Waals surface area contributed by atoms with Crippen LogP contribution in [0.4, 0.5) is 9.59 Å². The number of amides is 2. The van der Waals surface area contributed by atoms with Gasteiger partial charge in [-0.25, -0.2) is 9.59 Å². The Morgan fingerprint density at radius 1 is 1.12 bits per heavy atom. The SMILES string of the molecule is CC(C)(C)OC(=O)NC(=N)N1CCC(N2CC(CN3CCN(CCC(=O)O)CC3)OC2=O)CC1. The minimum atomic E-state index is -0.776. The number of carboxylic acids is 1. The molecule has 0 radical (unpaired) electrons. The molecule has 3 N–H and O–H groups in total. The number of carbonyl (C=O) groups excluding carboxylic acids is 2. The molecule has 0 spiro atoms. The number of hydrogen-bond acceptors (Lipinski definition) is 8. The van der Waals surface area contributed by atoms with Crippen LogP contribution in [0.1, 0.15) is 40.0 Å². The molecular formula is C22H38N6O6. The third-order valence-electron chi connectivity index (χ3n) is 6.31. The van der Waals surface area contributed by atoms with E-state index in [-0.39, 0.29) is 30.6 Å². The van der Waals surface area contributed by atoms with E-state index in [9.17, 15) is 14.4 Å². The van der Waals surface area contributed by atoms with Crippen molar-refractivity contribution >= 4 is 24.1 Å². The zero-order chi connectivity index (χ0) is 24.9. The molecule has 12 heteroatoms. The number of ether oxygens (including phenoxy) is 2. The largest absolute Gasteiger partial charge is 0.481 e. The van der Waals surface area contributed by atoms with Crippen LogP contribution >= 0.6 is 0 Å². The number of nitrogens with zero attached hydrogens (tertiary/aromatic N) is 4. The van der Waals surface area contributed by atoms with E-state index in [4.69, 9.17) is 20.0 Å². The number of cyclic esters (lactones) is 1. The van der Waals surface area contributed by atoms with E-state index in [1.165, 1.54) is 0 Å². The van der Waals surface area contributed by atoms with Crippen LogP contribution in [0.3, 0.4) is 0 Å². The number of guanidine groups is 1. The van der Waals surface area contributed by atoms with Gasteiger partial charge in [-0.3, -0.25) is 20.4 Å². The molecule has 3 saturated heterocycles. The first kappa shape index (κ1) is 26.0. The van der Waals surface area contributed by atoms with Crippen molar-refractivity contribution in [1.82, 2.24) is 24.9 Å². The Hall–Kier alpha value is -2.60. The van der Waals surface area contributed by atoms with Crippen LogP contribution < -0.4 is 5.32 Å². The third-order valence-corrected chi connectivity index (χ3v) is 6.31. The highest BCUT2D eigenvalue weighted by molar-refractivity contribution is 5.92. The Morgan fingerprint density at radius 3 is 2.32 bits per heavy atom. The summed E-state index contributed by atoms with van der Waals surface area (Å²) in [6.07, 6.45) is 0.442. The predicted molar refractivity (Wildman–Crippen MR) is 124 cm³/mol. The van der Waals surface area contributed by atoms with Crippen molar-refractivity contribution in [3.05, 3.63) is 0 Å². The van der Waals surface area contributed by atoms with E-state index >= 15 is 0 Å². The quantitative estimate of drug-likeness (QED) is 0.371. The van der Waals surface area contributed by atoms with Crippen molar-refractivity contribution in [1.29, 1.82) is 5.41 Å². The predicted octanol–water partition coefficient (Wildman–Crippen LogP) is 0.823. The van der Waals surface area contributed by atoms with E-state index < -0.39 is 17.7 Å². The molecule has 0 aromatic heterocycles. The van der Waals surface area contributed by atoms with E-state index in [2.05, 4.69) is 15.1 Å². The van der Waals surface area contributed by atoms with Crippen LogP contribution in [0, 0.1) is 5.41 Å². The molecule has 0 bridgehead atoms. The summed E-state index contributed by atoms with van der Waals surface area (Å²) < 4.78 is 10.8. The maximum Gasteiger partial charge on any atom is 0.414 e. The molecule has 3 rings (SSSR count). The molecule has 192 valence electrons. The number of hydrogen-bond donors (Lipinski definition) is 3. The normalized spacial score (nSPS) is 23.0. The van der Waals surface area contributed by atoms with Crippen LogP contribution in [0.5, 0.6) is 0 Å². The maximum atomic E-state index is 12.5. The van der Waals surface area contributed by atoms with Crippen molar-refractivity contribution in [3.8, 4) is 0 Å². The Kier molecular flexibility index (Phi) is 8.58. The Labute approximate surface area is 200 Å². The molecule has 1 atom stereocenters. The van der Waals surface area contributed by atoms with Gasteiger partial charge in [-0.1, -0.05) is 0 Å². The number of carbonyl (C=O) groups is 3. The summed E-state index contributed by atoms with van der Waals surface area (Å²) in [6, 6.07) is 0.0518. The van der Waals surface area contributed by atoms with Gasteiger partial charge in [0.05, 0.1) is 13.0 Å². The Morgan fingerprint density at radius 2 is 1.74 bits per heavy atom. The fourth-order valence-electron chi connectivity index (χ4n) is 4.55. The third kappa shape index (κ3) is 7.73. The fraction of sp³-hybridized carbons (Fsp3) is 0.818. The average Bonchev–Trinajstić information content (AvgIpc) is 3.11. The molecule has 1 unspecified atom stereocenters. The number of piperidine rings is 1. The molecule has 3 aliphatic rings. The highest BCUT2D eigenvalue weighted by atomic mass is 16.6. The lowest BCUT2D eigenvalue weighted by molar-refractivity contribution is -0.137. The highest BCUT2D eigenvalue weighted by Crippen LogP contribution is 2.23. The van der Waals surface area contributed by atoms with Gasteiger partial charge in [-0.05, 0) is 33.6 Å². The number of rotatable bonds is 6. The second-order valence-corrected chi connectivity index (χ2v) is 10.1. The fourth-order valence-corrected chi connectivity index (χ4v) is 4.55. The van der Waals surface area contributed by atoms with Crippen LogP contribution in [0.2, 0.25) is 0 Å². The van der Waals surface area contributed by atoms with Crippen molar-refractivity contribution in [2.45, 2.75) is 57.8 Å². The smallest absolute Gasteiger partial charge is 0.414 e. The second-order valence-electron chi connectivity index (χ2n) is 10.1. The van der Waals surface area contributed by atoms with Crippen molar-refractivity contribution in [2.75, 3.05) is 58.9 Å². The number of aliphatic carboxylic acids is 1. The molecule has 34 heavy (non-hydrogen) atoms. The van der Waals surface area contributed by atoms with Gasteiger partial charge in [0, 0.05) is 58.4 Å². The van der Waals surface area contributed by atoms with Crippen LogP contribution in [-0.2, 0) is 14.3 Å². The van der Waals surface area contributed by atoms with Crippen molar-refractivity contribution < 1.29 is 29.0 Å². The molecule has 2 amide bonds. The summed E-state index contributed by atoms with van der Waals surface area (Å²) in [5.74, 6) is -0.764. The van der Waals surface area contributed by atoms with Gasteiger partial charge in [0.15, 0.2) is 0 Å². The lowest BCUT2D eigenvalue weighted by Gasteiger charge is -2.37. The first-order valence-corrected chi connectivity index (χ1v) is 12.0. The summed E-state index contributed by atoms with van der Waals surface area (Å²) >= 11 is 0. The van der Waals surface area contributed by atoms with E-state index in [0.29, 0.717) is 45.6 Å². The molecular weight excluding hydrogens is 444 g/mol. The molecule has 0 saturated carbocycles. The molecule has 12 nitrogen and oxygen atoms in total. The van der Waals surface area contributed by atoms with Gasteiger partial charge in [0.2, 0.25) is 5.96 Å². The standard InChI is InChI=1S/C22H38N6O6/c1-22(2,3)34-20(31)24-19(23)27-8-4-16(5-9-27)28-15-17(33-21(28)32)14-26-12-10-25(11-13-26)7-6-18(29)30/h16-17H,4-15H2,1-3H3,(H,29,30)(H2,23,24,31). The molecule has 0 aliphatic carbocycles. The maximum absolute atomic E-state index is 12.5. The number of alkyl carbamates (subject to hydrolysis) is 1. The van der Waals surface area contributed by atoms with Gasteiger partial charge in [0.25, 0.3) is 0 Å². The summed E-state index contributed by atoms with van der Waals surface area (Å²) in [5, 5.41) is 19.4. The van der Waals surface area contributed by atoms with E-state index in [1.807, 2.05) is 0 Å². The van der Waals surface area contributed by atoms with Gasteiger partial charge < -0.3 is 29.3 Å². The number of carboxylic acid groups (broad SMARTS) is 1. The zero-order valence-electron chi connectivity index (χ0n) is 20.4. The first-order valence-electron chi connectivity index (χ1n) is 12.0. The average molecular weight is 483 g/mol. The number of nitrogens with one attached hydrogen (secondary N) is 2. The summed E-state index contributed by atoms with van der Waals surface area (Å²) in [6.45, 7) is 11.5. The van der Waals surface area contributed by atoms with Gasteiger partial charge in [0.1, 0.15) is 11.7 Å². The van der Waals surface area contributed by atoms with E-state index in [1.54, 1.807) is 30.6 Å². The molecule has 3 aliphatic heterocycles. The Bertz CT molecular complexity index is 755. The van der Waals surface area contributed by atoms with Crippen LogP contribution in [0.25, 0.3) is 0 Å². The lowest BCUT2D eigenvalue weighted by Crippen LogP contribution is -2.52. The summed E-state index contributed by atoms with van der Waals surface area (Å²) in [5.41, 5.74) is -0.627.